The van der Waals surface area contributed by atoms with Crippen LogP contribution in [0.3, 0.4) is 0 Å². The highest BCUT2D eigenvalue weighted by molar-refractivity contribution is 7.09. The number of carbonyl (C=O) groups excluding carboxylic acids is 1. The molecule has 0 aliphatic heterocycles. The summed E-state index contributed by atoms with van der Waals surface area (Å²) in [4.78, 5) is 15.9. The van der Waals surface area contributed by atoms with Gasteiger partial charge in [0.25, 0.3) is 0 Å². The second kappa shape index (κ2) is 7.20. The number of benzene rings is 2. The molecule has 0 fully saturated rings. The van der Waals surface area contributed by atoms with Crippen LogP contribution in [0.25, 0.3) is 0 Å². The number of rotatable bonds is 6. The first-order chi connectivity index (χ1) is 11.3. The third-order valence-corrected chi connectivity index (χ3v) is 4.57. The second-order valence-electron chi connectivity index (χ2n) is 5.28. The molecule has 3 rings (SSSR count). The van der Waals surface area contributed by atoms with Crippen LogP contribution in [0.1, 0.15) is 27.7 Å². The zero-order chi connectivity index (χ0) is 16.1. The minimum Gasteiger partial charge on any atom is -0.489 e. The number of ether oxygens (including phenoxy) is 1. The Morgan fingerprint density at radius 1 is 1.13 bits per heavy atom. The van der Waals surface area contributed by atoms with Crippen molar-refractivity contribution in [3.05, 3.63) is 81.8 Å². The summed E-state index contributed by atoms with van der Waals surface area (Å²) in [5.41, 5.74) is 3.00. The van der Waals surface area contributed by atoms with E-state index in [1.54, 1.807) is 0 Å². The highest BCUT2D eigenvalue weighted by Gasteiger charge is 2.16. The number of aldehydes is 1. The SMILES string of the molecule is Cc1csc(C(C=O)c2ccc(OCc3ccccc3)cc2)n1. The van der Waals surface area contributed by atoms with Crippen molar-refractivity contribution in [2.45, 2.75) is 19.4 Å². The number of hydrogen-bond acceptors (Lipinski definition) is 4. The Morgan fingerprint density at radius 2 is 1.87 bits per heavy atom. The number of nitrogens with zero attached hydrogens (tertiary/aromatic N) is 1. The van der Waals surface area contributed by atoms with Gasteiger partial charge in [-0.25, -0.2) is 4.98 Å². The topological polar surface area (TPSA) is 39.2 Å². The largest absolute Gasteiger partial charge is 0.489 e. The molecule has 0 aliphatic rings. The summed E-state index contributed by atoms with van der Waals surface area (Å²) >= 11 is 1.52. The fourth-order valence-corrected chi connectivity index (χ4v) is 3.19. The summed E-state index contributed by atoms with van der Waals surface area (Å²) in [6, 6.07) is 17.7. The van der Waals surface area contributed by atoms with Crippen molar-refractivity contribution in [1.29, 1.82) is 0 Å². The molecule has 0 spiro atoms. The van der Waals surface area contributed by atoms with Gasteiger partial charge < -0.3 is 9.53 Å². The average molecular weight is 323 g/mol. The van der Waals surface area contributed by atoms with Gasteiger partial charge in [-0.05, 0) is 30.2 Å². The van der Waals surface area contributed by atoms with Crippen LogP contribution in [0.2, 0.25) is 0 Å². The lowest BCUT2D eigenvalue weighted by molar-refractivity contribution is -0.108. The first kappa shape index (κ1) is 15.4. The molecule has 0 amide bonds. The van der Waals surface area contributed by atoms with Crippen LogP contribution in [0.5, 0.6) is 5.75 Å². The predicted octanol–water partition coefficient (Wildman–Crippen LogP) is 4.36. The van der Waals surface area contributed by atoms with Crippen molar-refractivity contribution >= 4 is 17.6 Å². The molecule has 0 saturated heterocycles. The van der Waals surface area contributed by atoms with Gasteiger partial charge >= 0.3 is 0 Å². The first-order valence-corrected chi connectivity index (χ1v) is 8.28. The number of thiazole rings is 1. The molecule has 0 N–H and O–H groups in total. The van der Waals surface area contributed by atoms with Gasteiger partial charge in [0, 0.05) is 11.1 Å². The maximum Gasteiger partial charge on any atom is 0.134 e. The van der Waals surface area contributed by atoms with Gasteiger partial charge in [-0.2, -0.15) is 0 Å². The van der Waals surface area contributed by atoms with Crippen LogP contribution < -0.4 is 4.74 Å². The first-order valence-electron chi connectivity index (χ1n) is 7.40. The Bertz CT molecular complexity index is 766. The molecule has 0 saturated carbocycles. The molecule has 116 valence electrons. The molecule has 0 radical (unpaired) electrons. The van der Waals surface area contributed by atoms with Crippen molar-refractivity contribution in [2.24, 2.45) is 0 Å². The summed E-state index contributed by atoms with van der Waals surface area (Å²) in [7, 11) is 0. The van der Waals surface area contributed by atoms with Gasteiger partial charge in [-0.3, -0.25) is 0 Å². The fourth-order valence-electron chi connectivity index (χ4n) is 2.31. The maximum atomic E-state index is 11.4. The van der Waals surface area contributed by atoms with E-state index in [1.807, 2.05) is 66.9 Å². The predicted molar refractivity (Wildman–Crippen MR) is 92.0 cm³/mol. The molecule has 3 nitrogen and oxygen atoms in total. The normalized spacial score (nSPS) is 11.9. The minimum absolute atomic E-state index is 0.308. The van der Waals surface area contributed by atoms with E-state index in [2.05, 4.69) is 4.98 Å². The molecule has 23 heavy (non-hydrogen) atoms. The standard InChI is InChI=1S/C19H17NO2S/c1-14-13-23-19(20-14)18(11-21)16-7-9-17(10-8-16)22-12-15-5-3-2-4-6-15/h2-11,13,18H,12H2,1H3. The van der Waals surface area contributed by atoms with Crippen LogP contribution >= 0.6 is 11.3 Å². The molecule has 0 aliphatic carbocycles. The van der Waals surface area contributed by atoms with Crippen LogP contribution in [-0.4, -0.2) is 11.3 Å². The Labute approximate surface area is 139 Å². The van der Waals surface area contributed by atoms with Gasteiger partial charge in [-0.15, -0.1) is 11.3 Å². The number of hydrogen-bond donors (Lipinski definition) is 0. The molecule has 4 heteroatoms. The van der Waals surface area contributed by atoms with Gasteiger partial charge in [0.05, 0.1) is 5.92 Å². The lowest BCUT2D eigenvalue weighted by Gasteiger charge is -2.10. The monoisotopic (exact) mass is 323 g/mol. The Kier molecular flexibility index (Phi) is 4.83. The molecule has 1 unspecified atom stereocenters. The lowest BCUT2D eigenvalue weighted by atomic mass is 10.0. The Hall–Kier alpha value is -2.46. The van der Waals surface area contributed by atoms with Crippen molar-refractivity contribution in [2.75, 3.05) is 0 Å². The van der Waals surface area contributed by atoms with Crippen LogP contribution in [-0.2, 0) is 11.4 Å². The van der Waals surface area contributed by atoms with E-state index < -0.39 is 0 Å². The average Bonchev–Trinajstić information content (AvgIpc) is 3.02. The van der Waals surface area contributed by atoms with Crippen molar-refractivity contribution in [3.8, 4) is 5.75 Å². The highest BCUT2D eigenvalue weighted by Crippen LogP contribution is 2.27. The molecule has 1 atom stereocenters. The fraction of sp³-hybridized carbons (Fsp3) is 0.158. The summed E-state index contributed by atoms with van der Waals surface area (Å²) in [5, 5.41) is 2.79. The third kappa shape index (κ3) is 3.85. The van der Waals surface area contributed by atoms with Gasteiger partial charge in [0.2, 0.25) is 0 Å². The smallest absolute Gasteiger partial charge is 0.134 e. The van der Waals surface area contributed by atoms with E-state index >= 15 is 0 Å². The van der Waals surface area contributed by atoms with E-state index in [0.29, 0.717) is 6.61 Å². The van der Waals surface area contributed by atoms with Gasteiger partial charge in [0.1, 0.15) is 23.7 Å². The van der Waals surface area contributed by atoms with E-state index in [0.717, 1.165) is 33.9 Å². The van der Waals surface area contributed by atoms with Crippen LogP contribution in [0.15, 0.2) is 60.0 Å². The molecule has 2 aromatic carbocycles. The zero-order valence-electron chi connectivity index (χ0n) is 12.8. The number of aromatic nitrogens is 1. The van der Waals surface area contributed by atoms with Gasteiger partial charge in [-0.1, -0.05) is 42.5 Å². The molecule has 1 aromatic heterocycles. The number of carbonyl (C=O) groups is 1. The van der Waals surface area contributed by atoms with Crippen molar-refractivity contribution < 1.29 is 9.53 Å². The summed E-state index contributed by atoms with van der Waals surface area (Å²) in [6.45, 7) is 2.46. The molecule has 1 heterocycles. The summed E-state index contributed by atoms with van der Waals surface area (Å²) < 4.78 is 5.77. The highest BCUT2D eigenvalue weighted by atomic mass is 32.1. The van der Waals surface area contributed by atoms with Crippen LogP contribution in [0, 0.1) is 6.92 Å². The number of aryl methyl sites for hydroxylation is 1. The van der Waals surface area contributed by atoms with E-state index in [1.165, 1.54) is 11.3 Å². The zero-order valence-corrected chi connectivity index (χ0v) is 13.6. The Morgan fingerprint density at radius 3 is 2.48 bits per heavy atom. The molecule has 3 aromatic rings. The lowest BCUT2D eigenvalue weighted by Crippen LogP contribution is -2.02. The minimum atomic E-state index is -0.308. The maximum absolute atomic E-state index is 11.4. The molecule has 0 bridgehead atoms. The second-order valence-corrected chi connectivity index (χ2v) is 6.17. The van der Waals surface area contributed by atoms with Gasteiger partial charge in [0.15, 0.2) is 0 Å². The van der Waals surface area contributed by atoms with E-state index in [4.69, 9.17) is 4.74 Å². The third-order valence-electron chi connectivity index (χ3n) is 3.53. The van der Waals surface area contributed by atoms with Crippen LogP contribution in [0.4, 0.5) is 0 Å². The molecular formula is C19H17NO2S. The molecular weight excluding hydrogens is 306 g/mol. The Balaban J connectivity index is 1.69. The van der Waals surface area contributed by atoms with E-state index in [-0.39, 0.29) is 5.92 Å². The van der Waals surface area contributed by atoms with Crippen molar-refractivity contribution in [1.82, 2.24) is 4.98 Å². The quantitative estimate of drug-likeness (QED) is 0.633. The summed E-state index contributed by atoms with van der Waals surface area (Å²) in [6.07, 6.45) is 0.943. The summed E-state index contributed by atoms with van der Waals surface area (Å²) in [5.74, 6) is 0.481. The van der Waals surface area contributed by atoms with Crippen molar-refractivity contribution in [3.63, 3.8) is 0 Å². The van der Waals surface area contributed by atoms with E-state index in [9.17, 15) is 4.79 Å².